The highest BCUT2D eigenvalue weighted by atomic mass is 32.1. The molecule has 2 aromatic heterocycles. The Morgan fingerprint density at radius 2 is 1.70 bits per heavy atom. The molecule has 5 heterocycles. The van der Waals surface area contributed by atoms with Crippen LogP contribution in [0.25, 0.3) is 18.2 Å². The van der Waals surface area contributed by atoms with Gasteiger partial charge in [0.15, 0.2) is 11.4 Å². The summed E-state index contributed by atoms with van der Waals surface area (Å²) in [5, 5.41) is 8.44. The molecule has 0 saturated carbocycles. The van der Waals surface area contributed by atoms with Gasteiger partial charge in [-0.25, -0.2) is 4.79 Å². The molecule has 3 aromatic rings. The fourth-order valence-electron chi connectivity index (χ4n) is 8.86. The van der Waals surface area contributed by atoms with Crippen molar-refractivity contribution in [2.45, 2.75) is 110 Å². The van der Waals surface area contributed by atoms with Gasteiger partial charge in [0.25, 0.3) is 11.8 Å². The second-order valence-corrected chi connectivity index (χ2v) is 20.5. The van der Waals surface area contributed by atoms with Crippen LogP contribution in [0.2, 0.25) is 0 Å². The molecular weight excluding hydrogens is 915 g/mol. The van der Waals surface area contributed by atoms with Gasteiger partial charge < -0.3 is 47.2 Å². The molecular formula is C52H71BF2N7O7S+. The van der Waals surface area contributed by atoms with Crippen LogP contribution < -0.4 is 15.4 Å². The number of unbranched alkanes of at least 4 members (excludes halogenated alkanes) is 4. The van der Waals surface area contributed by atoms with Crippen molar-refractivity contribution >= 4 is 71.8 Å². The summed E-state index contributed by atoms with van der Waals surface area (Å²) in [4.78, 5) is 69.7. The highest BCUT2D eigenvalue weighted by Gasteiger charge is 2.54. The number of hydrogen-bond donors (Lipinski definition) is 2. The van der Waals surface area contributed by atoms with Crippen LogP contribution in [-0.2, 0) is 28.8 Å². The quantitative estimate of drug-likeness (QED) is 0.0323. The summed E-state index contributed by atoms with van der Waals surface area (Å²) >= 11 is 1.47. The zero-order valence-electron chi connectivity index (χ0n) is 41.8. The normalized spacial score (nSPS) is 15.9. The first-order valence-corrected chi connectivity index (χ1v) is 25.7. The number of halogens is 2. The van der Waals surface area contributed by atoms with Crippen LogP contribution in [0.1, 0.15) is 124 Å². The summed E-state index contributed by atoms with van der Waals surface area (Å²) in [5.41, 5.74) is 4.65. The number of aryl methyl sites for hydroxylation is 1. The topological polar surface area (TPSA) is 142 Å². The monoisotopic (exact) mass is 987 g/mol. The van der Waals surface area contributed by atoms with E-state index in [9.17, 15) is 24.0 Å². The van der Waals surface area contributed by atoms with E-state index >= 15 is 8.63 Å². The molecule has 0 radical (unpaired) electrons. The van der Waals surface area contributed by atoms with E-state index in [4.69, 9.17) is 9.57 Å². The molecule has 1 saturated heterocycles. The van der Waals surface area contributed by atoms with Crippen molar-refractivity contribution in [2.24, 2.45) is 0 Å². The Kier molecular flexibility index (Phi) is 19.1. The van der Waals surface area contributed by atoms with E-state index in [-0.39, 0.29) is 44.1 Å². The molecule has 0 aliphatic carbocycles. The molecule has 3 aliphatic rings. The molecule has 4 amide bonds. The summed E-state index contributed by atoms with van der Waals surface area (Å²) in [6, 6.07) is 12.3. The third-order valence-corrected chi connectivity index (χ3v) is 13.6. The summed E-state index contributed by atoms with van der Waals surface area (Å²) in [7, 11) is 8.32. The van der Waals surface area contributed by atoms with Gasteiger partial charge in [-0.1, -0.05) is 44.0 Å². The lowest BCUT2D eigenvalue weighted by Crippen LogP contribution is -2.51. The first-order valence-electron chi connectivity index (χ1n) is 24.9. The Bertz CT molecular complexity index is 2440. The van der Waals surface area contributed by atoms with Crippen molar-refractivity contribution in [1.29, 1.82) is 0 Å². The van der Waals surface area contributed by atoms with Crippen molar-refractivity contribution in [1.82, 2.24) is 25.1 Å². The number of carbonyl (C=O) groups is 5. The summed E-state index contributed by atoms with van der Waals surface area (Å²) in [5.74, 6) is -1.41. The number of hydrogen-bond acceptors (Lipinski definition) is 9. The summed E-state index contributed by atoms with van der Waals surface area (Å²) < 4.78 is 42.9. The fourth-order valence-corrected chi connectivity index (χ4v) is 9.60. The molecule has 1 atom stereocenters. The molecule has 0 bridgehead atoms. The van der Waals surface area contributed by atoms with Crippen molar-refractivity contribution < 1.29 is 51.1 Å². The zero-order valence-corrected chi connectivity index (χ0v) is 42.6. The Balaban J connectivity index is 0.942. The molecule has 18 heteroatoms. The molecule has 14 nitrogen and oxygen atoms in total. The van der Waals surface area contributed by atoms with E-state index in [0.717, 1.165) is 84.1 Å². The van der Waals surface area contributed by atoms with Crippen LogP contribution in [-0.4, -0.2) is 133 Å². The standard InChI is InChI=1S/C52H70BF2N7O7S/c1-7-8-16-40-36-46(47-18-15-34-70-47)60-45(40)37-44-38(2)35-41(59(44)53(60,54)55)24-21-39-22-25-42(26-23-39)68-33-14-19-48(63)57-43(17-11-13-32-62(4,5)6)52(67)56-29-31-58(3)30-12-9-10-20-51(66)69-61-49(64)27-28-50(61)65/h15,18,21-26,34-37,43H,7-14,16-17,19-20,27-33H2,1-6H3,(H-,56,57,63,67)/p+1/b24-21+. The van der Waals surface area contributed by atoms with E-state index in [1.54, 1.807) is 6.08 Å². The van der Waals surface area contributed by atoms with Crippen LogP contribution >= 0.6 is 11.3 Å². The van der Waals surface area contributed by atoms with Gasteiger partial charge in [-0.2, -0.15) is 0 Å². The number of benzene rings is 1. The largest absolute Gasteiger partial charge is 0.737 e. The molecule has 0 spiro atoms. The first-order chi connectivity index (χ1) is 33.4. The molecule has 1 aromatic carbocycles. The molecule has 1 unspecified atom stereocenters. The van der Waals surface area contributed by atoms with E-state index in [1.807, 2.05) is 80.0 Å². The van der Waals surface area contributed by atoms with Gasteiger partial charge in [0.05, 0.1) is 39.2 Å². The number of imide groups is 1. The minimum atomic E-state index is -4.19. The van der Waals surface area contributed by atoms with Gasteiger partial charge >= 0.3 is 12.9 Å². The Morgan fingerprint density at radius 1 is 0.943 bits per heavy atom. The van der Waals surface area contributed by atoms with Gasteiger partial charge in [-0.05, 0) is 119 Å². The van der Waals surface area contributed by atoms with Crippen LogP contribution in [0.4, 0.5) is 8.63 Å². The predicted molar refractivity (Wildman–Crippen MR) is 272 cm³/mol. The van der Waals surface area contributed by atoms with Crippen molar-refractivity contribution in [3.8, 4) is 5.75 Å². The minimum Gasteiger partial charge on any atom is -0.494 e. The summed E-state index contributed by atoms with van der Waals surface area (Å²) in [6.45, 7) is 2.79. The second kappa shape index (κ2) is 24.9. The SMILES string of the molecule is CCCCC1=CC(c2cccs2)=[N+]2C1=Cc1c(C)cc(/C=C/c3ccc(OCCCC(=O)NC(CCCC[N+](C)(C)C)C(=O)NCCN(C)CCCCCC(=O)ON4C(=O)CCC4=O)cc3)n1[B-]2(F)F. The van der Waals surface area contributed by atoms with Gasteiger partial charge in [-0.15, -0.1) is 16.4 Å². The smallest absolute Gasteiger partial charge is 0.494 e. The van der Waals surface area contributed by atoms with Gasteiger partial charge in [0, 0.05) is 67.9 Å². The first kappa shape index (κ1) is 53.6. The zero-order chi connectivity index (χ0) is 50.4. The lowest BCUT2D eigenvalue weighted by molar-refractivity contribution is -0.870. The number of thiophene rings is 1. The molecule has 3 aliphatic heterocycles. The van der Waals surface area contributed by atoms with Crippen LogP contribution in [0.15, 0.2) is 65.2 Å². The third-order valence-electron chi connectivity index (χ3n) is 12.7. The average molecular weight is 987 g/mol. The van der Waals surface area contributed by atoms with Gasteiger partial charge in [0.1, 0.15) is 11.8 Å². The lowest BCUT2D eigenvalue weighted by Gasteiger charge is -2.31. The third kappa shape index (κ3) is 14.7. The molecule has 70 heavy (non-hydrogen) atoms. The number of quaternary nitrogens is 1. The van der Waals surface area contributed by atoms with E-state index in [2.05, 4.69) is 43.6 Å². The predicted octanol–water partition coefficient (Wildman–Crippen LogP) is 7.97. The molecule has 378 valence electrons. The number of carbonyl (C=O) groups excluding carboxylic acids is 5. The lowest BCUT2D eigenvalue weighted by atomic mass is 9.88. The van der Waals surface area contributed by atoms with Crippen molar-refractivity contribution in [2.75, 3.05) is 61.0 Å². The molecule has 6 rings (SSSR count). The Hall–Kier alpha value is -5.72. The second-order valence-electron chi connectivity index (χ2n) is 19.6. The van der Waals surface area contributed by atoms with E-state index in [1.165, 1.54) is 20.3 Å². The number of nitrogens with one attached hydrogen (secondary N) is 2. The van der Waals surface area contributed by atoms with Gasteiger partial charge in [-0.3, -0.25) is 19.2 Å². The number of amides is 4. The van der Waals surface area contributed by atoms with Crippen molar-refractivity contribution in [3.05, 3.63) is 92.6 Å². The maximum Gasteiger partial charge on any atom is 0.737 e. The number of fused-ring (bicyclic) bond motifs is 2. The highest BCUT2D eigenvalue weighted by Crippen LogP contribution is 2.40. The number of nitrogens with zero attached hydrogens (tertiary/aromatic N) is 5. The van der Waals surface area contributed by atoms with E-state index in [0.29, 0.717) is 66.0 Å². The van der Waals surface area contributed by atoms with Crippen LogP contribution in [0, 0.1) is 6.92 Å². The minimum absolute atomic E-state index is 0.0609. The van der Waals surface area contributed by atoms with Crippen LogP contribution in [0.5, 0.6) is 5.75 Å². The maximum absolute atomic E-state index is 16.9. The fraction of sp³-hybridized carbons (Fsp3) is 0.500. The van der Waals surface area contributed by atoms with Crippen molar-refractivity contribution in [3.63, 3.8) is 0 Å². The number of ether oxygens (including phenoxy) is 1. The molecule has 2 N–H and O–H groups in total. The summed E-state index contributed by atoms with van der Waals surface area (Å²) in [6.07, 6.45) is 15.3. The Labute approximate surface area is 415 Å². The van der Waals surface area contributed by atoms with Crippen LogP contribution in [0.3, 0.4) is 0 Å². The average Bonchev–Trinajstić information content (AvgIpc) is 4.12. The number of likely N-dealkylation sites (N-methyl/N-ethyl adjacent to an activating group) is 1. The van der Waals surface area contributed by atoms with E-state index < -0.39 is 30.8 Å². The number of aromatic nitrogens is 1. The number of hydroxylamine groups is 2. The number of allylic oxidation sites excluding steroid dienone is 2. The highest BCUT2D eigenvalue weighted by molar-refractivity contribution is 7.12. The number of rotatable bonds is 28. The molecule has 1 fully saturated rings. The van der Waals surface area contributed by atoms with Gasteiger partial charge in [0.2, 0.25) is 11.8 Å². The maximum atomic E-state index is 16.9. The Morgan fingerprint density at radius 3 is 2.40 bits per heavy atom.